The van der Waals surface area contributed by atoms with Crippen molar-refractivity contribution in [3.05, 3.63) is 35.7 Å². The molecule has 0 aromatic heterocycles. The third-order valence-corrected chi connectivity index (χ3v) is 2.61. The average Bonchev–Trinajstić information content (AvgIpc) is 2.49. The molecule has 126 valence electrons. The van der Waals surface area contributed by atoms with Crippen molar-refractivity contribution in [2.24, 2.45) is 16.5 Å². The number of phenolic OH excluding ortho intramolecular Hbond substituents is 1. The van der Waals surface area contributed by atoms with Gasteiger partial charge in [0, 0.05) is 6.21 Å². The molecule has 1 unspecified atom stereocenters. The monoisotopic (exact) mass is 324 g/mol. The number of carbonyl (C=O) groups is 1. The van der Waals surface area contributed by atoms with Crippen molar-refractivity contribution in [1.82, 2.24) is 0 Å². The molecule has 0 aliphatic rings. The van der Waals surface area contributed by atoms with Crippen LogP contribution >= 0.6 is 0 Å². The molecule has 23 heavy (non-hydrogen) atoms. The van der Waals surface area contributed by atoms with E-state index in [2.05, 4.69) is 10.7 Å². The number of halogens is 1. The summed E-state index contributed by atoms with van der Waals surface area (Å²) in [6.45, 7) is 0.401. The van der Waals surface area contributed by atoms with Crippen LogP contribution in [0.2, 0.25) is 0 Å². The highest BCUT2D eigenvalue weighted by Crippen LogP contribution is 2.20. The van der Waals surface area contributed by atoms with Gasteiger partial charge in [-0.15, -0.1) is 0 Å². The molecule has 0 radical (unpaired) electrons. The molecule has 0 spiro atoms. The van der Waals surface area contributed by atoms with Gasteiger partial charge in [0.05, 0.1) is 11.9 Å². The number of nitrogens with two attached hydrogens (primary N) is 2. The van der Waals surface area contributed by atoms with Crippen molar-refractivity contribution < 1.29 is 19.4 Å². The largest absolute Gasteiger partial charge is 0.507 e. The molecule has 1 atom stereocenters. The second kappa shape index (κ2) is 11.9. The molecule has 7 nitrogen and oxygen atoms in total. The first-order valence-corrected chi connectivity index (χ1v) is 6.78. The molecule has 0 saturated heterocycles. The number of nitrogens with zero attached hydrogens (tertiary/aromatic N) is 1. The zero-order valence-electron chi connectivity index (χ0n) is 12.5. The summed E-state index contributed by atoms with van der Waals surface area (Å²) in [5.41, 5.74) is 9.74. The number of hydrogen-bond acceptors (Lipinski definition) is 5. The molecule has 7 N–H and O–H groups in total. The average molecular weight is 324 g/mol. The smallest absolute Gasteiger partial charge is 0.328 e. The van der Waals surface area contributed by atoms with Crippen molar-refractivity contribution in [3.8, 4) is 5.75 Å². The van der Waals surface area contributed by atoms with Gasteiger partial charge in [-0.25, -0.2) is 9.18 Å². The van der Waals surface area contributed by atoms with Crippen molar-refractivity contribution in [1.29, 1.82) is 5.41 Å². The van der Waals surface area contributed by atoms with E-state index in [0.29, 0.717) is 19.4 Å². The number of rotatable bonds is 7. The molecule has 1 aromatic carbocycles. The zero-order chi connectivity index (χ0) is 17.7. The van der Waals surface area contributed by atoms with Gasteiger partial charge in [-0.1, -0.05) is 6.07 Å². The van der Waals surface area contributed by atoms with Crippen LogP contribution in [0, 0.1) is 11.2 Å². The van der Waals surface area contributed by atoms with E-state index in [-0.39, 0.29) is 11.3 Å². The maximum Gasteiger partial charge on any atom is 0.328 e. The molecule has 1 aromatic rings. The Morgan fingerprint density at radius 2 is 2.13 bits per heavy atom. The molecule has 0 aliphatic heterocycles. The summed E-state index contributed by atoms with van der Waals surface area (Å²) in [4.78, 5) is 14.8. The zero-order valence-corrected chi connectivity index (χ0v) is 12.5. The van der Waals surface area contributed by atoms with Crippen molar-refractivity contribution >= 4 is 24.6 Å². The first-order valence-electron chi connectivity index (χ1n) is 6.78. The first kappa shape index (κ1) is 20.3. The van der Waals surface area contributed by atoms with E-state index in [1.165, 1.54) is 36.6 Å². The lowest BCUT2D eigenvalue weighted by Gasteiger charge is -2.04. The summed E-state index contributed by atoms with van der Waals surface area (Å²) in [5.74, 6) is -1.78. The minimum absolute atomic E-state index is 0.0350. The van der Waals surface area contributed by atoms with Gasteiger partial charge >= 0.3 is 5.97 Å². The van der Waals surface area contributed by atoms with Crippen molar-refractivity contribution in [2.75, 3.05) is 6.54 Å². The maximum atomic E-state index is 13.4. The molecule has 8 heteroatoms. The van der Waals surface area contributed by atoms with E-state index in [1.54, 1.807) is 0 Å². The number of nitrogens with one attached hydrogen (secondary N) is 1. The lowest BCUT2D eigenvalue weighted by atomic mass is 10.1. The number of carboxylic acids is 1. The van der Waals surface area contributed by atoms with Gasteiger partial charge in [0.25, 0.3) is 0 Å². The Balaban J connectivity index is 0.00000149. The number of aliphatic imine (C=N–C) groups is 1. The predicted molar refractivity (Wildman–Crippen MR) is 88.3 cm³/mol. The van der Waals surface area contributed by atoms with Crippen LogP contribution in [0.4, 0.5) is 4.39 Å². The second-order valence-electron chi connectivity index (χ2n) is 4.28. The lowest BCUT2D eigenvalue weighted by Crippen LogP contribution is -2.19. The summed E-state index contributed by atoms with van der Waals surface area (Å²) in [6, 6.07) is 3.11. The highest BCUT2D eigenvalue weighted by Gasteiger charge is 2.13. The number of carboxylic acid groups (broad SMARTS) is 1. The Hall–Kier alpha value is -2.74. The van der Waals surface area contributed by atoms with E-state index >= 15 is 0 Å². The molecule has 1 rings (SSSR count). The maximum absolute atomic E-state index is 13.4. The molecular weight excluding hydrogens is 303 g/mol. The fraction of sp³-hybridized carbons (Fsp3) is 0.267. The number of allylic oxidation sites excluding steroid dienone is 1. The van der Waals surface area contributed by atoms with Gasteiger partial charge in [0.1, 0.15) is 17.6 Å². The Morgan fingerprint density at radius 1 is 1.48 bits per heavy atom. The van der Waals surface area contributed by atoms with Gasteiger partial charge in [-0.3, -0.25) is 10.4 Å². The van der Waals surface area contributed by atoms with Gasteiger partial charge in [0.2, 0.25) is 0 Å². The summed E-state index contributed by atoms with van der Waals surface area (Å²) in [7, 11) is 0. The third kappa shape index (κ3) is 8.32. The van der Waals surface area contributed by atoms with E-state index in [9.17, 15) is 14.3 Å². The highest BCUT2D eigenvalue weighted by molar-refractivity contribution is 5.82. The second-order valence-corrected chi connectivity index (χ2v) is 4.28. The molecule has 0 fully saturated rings. The van der Waals surface area contributed by atoms with Gasteiger partial charge in [-0.05, 0) is 43.7 Å². The minimum Gasteiger partial charge on any atom is -0.507 e. The Kier molecular flexibility index (Phi) is 10.5. The van der Waals surface area contributed by atoms with E-state index in [4.69, 9.17) is 16.2 Å². The van der Waals surface area contributed by atoms with Crippen LogP contribution in [-0.4, -0.2) is 41.3 Å². The Labute approximate surface area is 133 Å². The lowest BCUT2D eigenvalue weighted by molar-refractivity contribution is -0.138. The van der Waals surface area contributed by atoms with Crippen LogP contribution in [0.3, 0.4) is 0 Å². The van der Waals surface area contributed by atoms with Crippen molar-refractivity contribution in [3.63, 3.8) is 0 Å². The van der Waals surface area contributed by atoms with Crippen LogP contribution in [-0.2, 0) is 4.79 Å². The number of aromatic hydroxyl groups is 1. The van der Waals surface area contributed by atoms with Crippen LogP contribution < -0.4 is 11.5 Å². The molecule has 0 bridgehead atoms. The van der Waals surface area contributed by atoms with Crippen LogP contribution in [0.5, 0.6) is 5.75 Å². The third-order valence-electron chi connectivity index (χ3n) is 2.61. The van der Waals surface area contributed by atoms with Crippen LogP contribution in [0.25, 0.3) is 6.08 Å². The Morgan fingerprint density at radius 3 is 2.65 bits per heavy atom. The SMILES string of the molecule is N=CN.NCCCC(N=C/C=C/c1c(O)cccc1F)C(=O)O. The predicted octanol–water partition coefficient (Wildman–Crippen LogP) is 1.36. The topological polar surface area (TPSA) is 146 Å². The van der Waals surface area contributed by atoms with Crippen molar-refractivity contribution in [2.45, 2.75) is 18.9 Å². The molecule has 0 heterocycles. The molecular formula is C15H21FN4O3. The van der Waals surface area contributed by atoms with E-state index in [0.717, 1.165) is 6.34 Å². The van der Waals surface area contributed by atoms with Gasteiger partial charge in [-0.2, -0.15) is 0 Å². The summed E-state index contributed by atoms with van der Waals surface area (Å²) in [6.07, 6.45) is 5.65. The Bertz CT molecular complexity index is 541. The van der Waals surface area contributed by atoms with Gasteiger partial charge < -0.3 is 21.7 Å². The molecule has 0 saturated carbocycles. The number of phenols is 1. The van der Waals surface area contributed by atoms with E-state index in [1.807, 2.05) is 0 Å². The highest BCUT2D eigenvalue weighted by atomic mass is 19.1. The fourth-order valence-corrected chi connectivity index (χ4v) is 1.56. The van der Waals surface area contributed by atoms with E-state index < -0.39 is 17.8 Å². The summed E-state index contributed by atoms with van der Waals surface area (Å²) >= 11 is 0. The number of benzene rings is 1. The summed E-state index contributed by atoms with van der Waals surface area (Å²) in [5, 5.41) is 24.2. The van der Waals surface area contributed by atoms with Crippen LogP contribution in [0.15, 0.2) is 29.3 Å². The molecule has 0 aliphatic carbocycles. The fourth-order valence-electron chi connectivity index (χ4n) is 1.56. The number of hydrogen-bond donors (Lipinski definition) is 5. The summed E-state index contributed by atoms with van der Waals surface area (Å²) < 4.78 is 13.4. The van der Waals surface area contributed by atoms with Crippen LogP contribution in [0.1, 0.15) is 18.4 Å². The molecule has 0 amide bonds. The first-order chi connectivity index (χ1) is 11.0. The quantitative estimate of drug-likeness (QED) is 0.379. The normalized spacial score (nSPS) is 11.9. The standard InChI is InChI=1S/C14H17FN2O3.CH4N2/c15-11-5-1-7-13(18)10(11)4-3-9-17-12(14(19)20)6-2-8-16;2-1-3/h1,3-5,7,9,12,18H,2,6,8,16H2,(H,19,20);1H,(H3,2,3)/b4-3+,17-9?;. The number of aliphatic carboxylic acids is 1. The van der Waals surface area contributed by atoms with Gasteiger partial charge in [0.15, 0.2) is 0 Å². The minimum atomic E-state index is -1.03.